The summed E-state index contributed by atoms with van der Waals surface area (Å²) in [5, 5.41) is 9.57. The molecule has 3 aromatic carbocycles. The molecule has 2 heterocycles. The van der Waals surface area contributed by atoms with Crippen LogP contribution >= 0.6 is 11.6 Å². The molecule has 0 radical (unpaired) electrons. The number of allylic oxidation sites excluding steroid dienone is 1. The number of aliphatic imine (C=N–C) groups is 1. The average Bonchev–Trinajstić information content (AvgIpc) is 3.26. The summed E-state index contributed by atoms with van der Waals surface area (Å²) in [5.41, 5.74) is 3.82. The van der Waals surface area contributed by atoms with E-state index in [9.17, 15) is 9.18 Å². The molecule has 1 amide bonds. The van der Waals surface area contributed by atoms with Crippen molar-refractivity contribution in [1.82, 2.24) is 15.6 Å². The van der Waals surface area contributed by atoms with Crippen LogP contribution in [0.2, 0.25) is 5.02 Å². The van der Waals surface area contributed by atoms with Crippen molar-refractivity contribution in [3.63, 3.8) is 0 Å². The molecule has 4 aromatic rings. The van der Waals surface area contributed by atoms with E-state index in [4.69, 9.17) is 21.0 Å². The highest BCUT2D eigenvalue weighted by molar-refractivity contribution is 6.31. The second kappa shape index (κ2) is 9.60. The fourth-order valence-electron chi connectivity index (χ4n) is 3.86. The van der Waals surface area contributed by atoms with E-state index in [1.165, 1.54) is 12.1 Å². The second-order valence-electron chi connectivity index (χ2n) is 7.99. The molecule has 0 saturated heterocycles. The van der Waals surface area contributed by atoms with Gasteiger partial charge in [-0.2, -0.15) is 4.98 Å². The molecule has 0 bridgehead atoms. The zero-order valence-electron chi connectivity index (χ0n) is 18.7. The fraction of sp³-hybridized carbons (Fsp3) is 0.115. The Morgan fingerprint density at radius 2 is 1.83 bits per heavy atom. The van der Waals surface area contributed by atoms with Crippen LogP contribution in [0.15, 0.2) is 93.5 Å². The van der Waals surface area contributed by atoms with E-state index >= 15 is 0 Å². The molecular weight excluding hydrogens is 469 g/mol. The average molecular weight is 490 g/mol. The van der Waals surface area contributed by atoms with Crippen LogP contribution in [0.25, 0.3) is 11.1 Å². The molecule has 0 aliphatic carbocycles. The normalized spacial score (nSPS) is 15.5. The molecule has 0 spiro atoms. The number of benzene rings is 3. The van der Waals surface area contributed by atoms with Gasteiger partial charge in [0.25, 0.3) is 5.91 Å². The van der Waals surface area contributed by atoms with Gasteiger partial charge >= 0.3 is 6.01 Å². The Bertz CT molecular complexity index is 1430. The Morgan fingerprint density at radius 1 is 1.09 bits per heavy atom. The lowest BCUT2D eigenvalue weighted by Crippen LogP contribution is -2.39. The van der Waals surface area contributed by atoms with Crippen molar-refractivity contribution in [2.24, 2.45) is 4.99 Å². The number of carbonyl (C=O) groups excluding carboxylic acids is 1. The molecule has 1 unspecified atom stereocenters. The molecule has 1 aliphatic rings. The van der Waals surface area contributed by atoms with Crippen LogP contribution in [0, 0.1) is 5.82 Å². The minimum absolute atomic E-state index is 0.239. The van der Waals surface area contributed by atoms with E-state index in [-0.39, 0.29) is 24.3 Å². The van der Waals surface area contributed by atoms with Crippen molar-refractivity contribution in [2.75, 3.05) is 5.32 Å². The van der Waals surface area contributed by atoms with Gasteiger partial charge in [0.1, 0.15) is 17.4 Å². The Kier molecular flexibility index (Phi) is 6.20. The quantitative estimate of drug-likeness (QED) is 0.353. The minimum atomic E-state index is -0.676. The van der Waals surface area contributed by atoms with Crippen LogP contribution in [-0.2, 0) is 11.3 Å². The van der Waals surface area contributed by atoms with E-state index < -0.39 is 6.04 Å². The molecule has 3 N–H and O–H groups in total. The Morgan fingerprint density at radius 3 is 2.60 bits per heavy atom. The first-order valence-electron chi connectivity index (χ1n) is 10.9. The van der Waals surface area contributed by atoms with Gasteiger partial charge in [-0.05, 0) is 42.8 Å². The van der Waals surface area contributed by atoms with Crippen LogP contribution in [0.5, 0.6) is 0 Å². The van der Waals surface area contributed by atoms with E-state index in [1.807, 2.05) is 42.5 Å². The molecular formula is C26H21ClFN5O2. The number of halogens is 2. The molecule has 0 saturated carbocycles. The number of hydrogen-bond donors (Lipinski definition) is 3. The van der Waals surface area contributed by atoms with Crippen LogP contribution in [0.1, 0.15) is 24.1 Å². The molecule has 5 rings (SSSR count). The van der Waals surface area contributed by atoms with Gasteiger partial charge in [-0.1, -0.05) is 54.1 Å². The van der Waals surface area contributed by atoms with E-state index in [1.54, 1.807) is 25.1 Å². The number of anilines is 1. The fourth-order valence-corrected chi connectivity index (χ4v) is 4.10. The molecule has 0 fully saturated rings. The number of hydrogen-bond acceptors (Lipinski definition) is 6. The standard InChI is InChI=1S/C26H21ClFN5O2/c1-15-22(24(34)29-14-16-10-12-17(28)13-11-16)23(18-6-2-3-7-19(18)27)32-25(30-15)33-26-31-20-8-4-5-9-21(20)35-26/h2-13,23H,14H2,1H3,(H,29,34)(H2,30,31,32,33). The van der Waals surface area contributed by atoms with Gasteiger partial charge in [0.15, 0.2) is 5.58 Å². The van der Waals surface area contributed by atoms with Crippen LogP contribution < -0.4 is 16.0 Å². The molecule has 1 aromatic heterocycles. The highest BCUT2D eigenvalue weighted by Crippen LogP contribution is 2.35. The number of nitrogens with one attached hydrogen (secondary N) is 3. The van der Waals surface area contributed by atoms with Gasteiger partial charge in [-0.3, -0.25) is 10.1 Å². The lowest BCUT2D eigenvalue weighted by molar-refractivity contribution is -0.118. The Labute approximate surface area is 205 Å². The highest BCUT2D eigenvalue weighted by Gasteiger charge is 2.31. The number of nitrogens with zero attached hydrogens (tertiary/aromatic N) is 2. The smallest absolute Gasteiger partial charge is 0.302 e. The summed E-state index contributed by atoms with van der Waals surface area (Å²) in [7, 11) is 0. The van der Waals surface area contributed by atoms with Crippen molar-refractivity contribution in [1.29, 1.82) is 0 Å². The van der Waals surface area contributed by atoms with E-state index in [0.717, 1.165) is 5.56 Å². The summed E-state index contributed by atoms with van der Waals surface area (Å²) in [4.78, 5) is 22.4. The zero-order valence-corrected chi connectivity index (χ0v) is 19.4. The van der Waals surface area contributed by atoms with Gasteiger partial charge < -0.3 is 15.1 Å². The zero-order chi connectivity index (χ0) is 24.4. The Balaban J connectivity index is 1.43. The topological polar surface area (TPSA) is 91.5 Å². The summed E-state index contributed by atoms with van der Waals surface area (Å²) in [6.07, 6.45) is 0. The number of fused-ring (bicyclic) bond motifs is 1. The highest BCUT2D eigenvalue weighted by atomic mass is 35.5. The van der Waals surface area contributed by atoms with Crippen molar-refractivity contribution in [3.05, 3.63) is 106 Å². The second-order valence-corrected chi connectivity index (χ2v) is 8.39. The largest absolute Gasteiger partial charge is 0.423 e. The summed E-state index contributed by atoms with van der Waals surface area (Å²) < 4.78 is 19.0. The third kappa shape index (κ3) is 4.88. The number of para-hydroxylation sites is 2. The summed E-state index contributed by atoms with van der Waals surface area (Å²) in [6, 6.07) is 20.2. The monoisotopic (exact) mass is 489 g/mol. The number of oxazole rings is 1. The molecule has 1 atom stereocenters. The third-order valence-electron chi connectivity index (χ3n) is 5.57. The van der Waals surface area contributed by atoms with Crippen molar-refractivity contribution in [2.45, 2.75) is 19.5 Å². The summed E-state index contributed by atoms with van der Waals surface area (Å²) in [6.45, 7) is 2.03. The maximum atomic E-state index is 13.3. The van der Waals surface area contributed by atoms with Crippen LogP contribution in [0.4, 0.5) is 10.4 Å². The van der Waals surface area contributed by atoms with Crippen molar-refractivity contribution in [3.8, 4) is 0 Å². The molecule has 1 aliphatic heterocycles. The maximum Gasteiger partial charge on any atom is 0.302 e. The summed E-state index contributed by atoms with van der Waals surface area (Å²) >= 11 is 6.49. The van der Waals surface area contributed by atoms with Gasteiger partial charge in [-0.15, -0.1) is 0 Å². The van der Waals surface area contributed by atoms with E-state index in [2.05, 4.69) is 20.9 Å². The van der Waals surface area contributed by atoms with Crippen molar-refractivity contribution >= 4 is 40.6 Å². The van der Waals surface area contributed by atoms with Crippen LogP contribution in [0.3, 0.4) is 0 Å². The first-order chi connectivity index (χ1) is 17.0. The number of guanidine groups is 1. The predicted molar refractivity (Wildman–Crippen MR) is 133 cm³/mol. The van der Waals surface area contributed by atoms with Gasteiger partial charge in [0, 0.05) is 22.8 Å². The molecule has 176 valence electrons. The minimum Gasteiger partial charge on any atom is -0.423 e. The molecule has 7 nitrogen and oxygen atoms in total. The number of rotatable bonds is 5. The lowest BCUT2D eigenvalue weighted by atomic mass is 9.95. The first kappa shape index (κ1) is 22.6. The lowest BCUT2D eigenvalue weighted by Gasteiger charge is -2.27. The Hall–Kier alpha value is -4.17. The number of amides is 1. The first-order valence-corrected chi connectivity index (χ1v) is 11.3. The van der Waals surface area contributed by atoms with Gasteiger partial charge in [0.2, 0.25) is 5.96 Å². The molecule has 35 heavy (non-hydrogen) atoms. The van der Waals surface area contributed by atoms with Crippen LogP contribution in [-0.4, -0.2) is 16.9 Å². The van der Waals surface area contributed by atoms with Gasteiger partial charge in [-0.25, -0.2) is 9.38 Å². The number of carbonyl (C=O) groups is 1. The number of aromatic nitrogens is 1. The maximum absolute atomic E-state index is 13.3. The van der Waals surface area contributed by atoms with Crippen molar-refractivity contribution < 1.29 is 13.6 Å². The van der Waals surface area contributed by atoms with Gasteiger partial charge in [0.05, 0.1) is 5.57 Å². The summed E-state index contributed by atoms with van der Waals surface area (Å²) in [5.74, 6) is -0.273. The predicted octanol–water partition coefficient (Wildman–Crippen LogP) is 5.32. The SMILES string of the molecule is CC1=C(C(=O)NCc2ccc(F)cc2)C(c2ccccc2Cl)N=C(Nc2nc3ccccc3o2)N1. The van der Waals surface area contributed by atoms with E-state index in [0.29, 0.717) is 38.9 Å². The third-order valence-corrected chi connectivity index (χ3v) is 5.92. The molecule has 9 heteroatoms.